The van der Waals surface area contributed by atoms with Gasteiger partial charge in [0.1, 0.15) is 12.5 Å². The molecular weight excluding hydrogens is 258 g/mol. The molecule has 0 amide bonds. The van der Waals surface area contributed by atoms with Gasteiger partial charge in [-0.2, -0.15) is 0 Å². The van der Waals surface area contributed by atoms with Crippen molar-refractivity contribution in [3.8, 4) is 0 Å². The van der Waals surface area contributed by atoms with Gasteiger partial charge in [0.2, 0.25) is 0 Å². The average Bonchev–Trinajstić information content (AvgIpc) is 2.32. The lowest BCUT2D eigenvalue weighted by atomic mass is 9.70. The summed E-state index contributed by atoms with van der Waals surface area (Å²) in [7, 11) is 0. The van der Waals surface area contributed by atoms with Crippen molar-refractivity contribution in [1.82, 2.24) is 5.32 Å². The predicted molar refractivity (Wildman–Crippen MR) is 75.6 cm³/mol. The Morgan fingerprint density at radius 1 is 1.00 bits per heavy atom. The lowest BCUT2D eigenvalue weighted by molar-refractivity contribution is -0.0736. The Morgan fingerprint density at radius 2 is 1.60 bits per heavy atom. The molecule has 118 valence electrons. The van der Waals surface area contributed by atoms with Gasteiger partial charge in [-0.15, -0.1) is 0 Å². The number of nitrogens with one attached hydrogen (secondary N) is 1. The van der Waals surface area contributed by atoms with Crippen LogP contribution >= 0.6 is 0 Å². The number of hydrogen-bond acceptors (Lipinski definition) is 5. The van der Waals surface area contributed by atoms with E-state index in [4.69, 9.17) is 0 Å². The van der Waals surface area contributed by atoms with Crippen LogP contribution in [0.5, 0.6) is 0 Å². The van der Waals surface area contributed by atoms with Crippen LogP contribution in [0.25, 0.3) is 0 Å². The van der Waals surface area contributed by atoms with Crippen molar-refractivity contribution in [2.75, 3.05) is 0 Å². The number of aliphatic hydroxyl groups is 4. The maximum atomic E-state index is 10.5. The van der Waals surface area contributed by atoms with Crippen molar-refractivity contribution in [3.63, 3.8) is 0 Å². The molecule has 20 heavy (non-hydrogen) atoms. The summed E-state index contributed by atoms with van der Waals surface area (Å²) in [5.41, 5.74) is 0. The molecule has 0 aromatic rings. The maximum absolute atomic E-state index is 10.5. The van der Waals surface area contributed by atoms with Crippen molar-refractivity contribution < 1.29 is 20.4 Å². The van der Waals surface area contributed by atoms with E-state index < -0.39 is 24.7 Å². The van der Waals surface area contributed by atoms with E-state index in [1.54, 1.807) is 0 Å². The Kier molecular flexibility index (Phi) is 5.42. The van der Waals surface area contributed by atoms with Gasteiger partial charge in [-0.3, -0.25) is 5.32 Å². The van der Waals surface area contributed by atoms with E-state index in [9.17, 15) is 20.4 Å². The van der Waals surface area contributed by atoms with Crippen molar-refractivity contribution in [1.29, 1.82) is 0 Å². The molecule has 0 bridgehead atoms. The van der Waals surface area contributed by atoms with E-state index in [-0.39, 0.29) is 17.8 Å². The quantitative estimate of drug-likeness (QED) is 0.519. The van der Waals surface area contributed by atoms with E-state index in [1.807, 2.05) is 6.92 Å². The Morgan fingerprint density at radius 3 is 2.20 bits per heavy atom. The van der Waals surface area contributed by atoms with Crippen molar-refractivity contribution in [3.05, 3.63) is 0 Å². The van der Waals surface area contributed by atoms with Gasteiger partial charge in [-0.1, -0.05) is 13.8 Å². The molecule has 0 spiro atoms. The fourth-order valence-electron chi connectivity index (χ4n) is 4.08. The maximum Gasteiger partial charge on any atom is 0.107 e. The first kappa shape index (κ1) is 16.2. The van der Waals surface area contributed by atoms with Crippen LogP contribution in [0.4, 0.5) is 0 Å². The summed E-state index contributed by atoms with van der Waals surface area (Å²) in [4.78, 5) is 0. The fourth-order valence-corrected chi connectivity index (χ4v) is 4.08. The van der Waals surface area contributed by atoms with Crippen LogP contribution < -0.4 is 5.32 Å². The molecule has 5 heteroatoms. The highest BCUT2D eigenvalue weighted by Gasteiger charge is 2.38. The molecule has 1 aliphatic heterocycles. The van der Waals surface area contributed by atoms with Gasteiger partial charge < -0.3 is 20.4 Å². The summed E-state index contributed by atoms with van der Waals surface area (Å²) >= 11 is 0. The number of piperidine rings is 1. The molecule has 2 aliphatic rings. The van der Waals surface area contributed by atoms with Crippen LogP contribution in [0.2, 0.25) is 0 Å². The monoisotopic (exact) mass is 287 g/mol. The second-order valence-electron chi connectivity index (χ2n) is 7.05. The number of hydrogen-bond donors (Lipinski definition) is 5. The molecule has 0 radical (unpaired) electrons. The summed E-state index contributed by atoms with van der Waals surface area (Å²) in [6.07, 6.45) is 1.07. The molecule has 1 saturated carbocycles. The molecule has 0 aromatic heterocycles. The van der Waals surface area contributed by atoms with Crippen molar-refractivity contribution in [2.45, 2.75) is 70.6 Å². The molecule has 2 fully saturated rings. The summed E-state index contributed by atoms with van der Waals surface area (Å²) in [6.45, 7) is 4.21. The van der Waals surface area contributed by atoms with Gasteiger partial charge in [0.15, 0.2) is 0 Å². The van der Waals surface area contributed by atoms with Gasteiger partial charge in [0.05, 0.1) is 12.2 Å². The Bertz CT molecular complexity index is 304. The molecule has 5 N–H and O–H groups in total. The number of rotatable bonds is 3. The zero-order valence-electron chi connectivity index (χ0n) is 12.4. The second-order valence-corrected chi connectivity index (χ2v) is 7.05. The Labute approximate surface area is 121 Å². The zero-order chi connectivity index (χ0) is 14.9. The van der Waals surface area contributed by atoms with Crippen LogP contribution in [0, 0.1) is 23.7 Å². The third kappa shape index (κ3) is 3.92. The Balaban J connectivity index is 1.91. The van der Waals surface area contributed by atoms with Crippen LogP contribution in [0.1, 0.15) is 46.0 Å². The highest BCUT2D eigenvalue weighted by molar-refractivity contribution is 4.88. The van der Waals surface area contributed by atoms with E-state index in [2.05, 4.69) is 12.2 Å². The first-order chi connectivity index (χ1) is 9.36. The highest BCUT2D eigenvalue weighted by Crippen LogP contribution is 2.37. The molecule has 7 atom stereocenters. The van der Waals surface area contributed by atoms with Crippen molar-refractivity contribution in [2.24, 2.45) is 23.7 Å². The molecule has 1 saturated heterocycles. The second kappa shape index (κ2) is 6.71. The molecule has 1 heterocycles. The van der Waals surface area contributed by atoms with Gasteiger partial charge >= 0.3 is 0 Å². The first-order valence-corrected chi connectivity index (χ1v) is 7.85. The predicted octanol–water partition coefficient (Wildman–Crippen LogP) is 0.417. The van der Waals surface area contributed by atoms with E-state index in [0.717, 1.165) is 12.8 Å². The minimum Gasteiger partial charge on any atom is -0.393 e. The van der Waals surface area contributed by atoms with Crippen LogP contribution in [-0.4, -0.2) is 45.1 Å². The highest BCUT2D eigenvalue weighted by atomic mass is 16.3. The van der Waals surface area contributed by atoms with Crippen molar-refractivity contribution >= 4 is 0 Å². The topological polar surface area (TPSA) is 93.0 Å². The molecule has 1 aliphatic carbocycles. The Hall–Kier alpha value is -0.200. The van der Waals surface area contributed by atoms with Gasteiger partial charge in [-0.05, 0) is 49.9 Å². The third-order valence-electron chi connectivity index (χ3n) is 5.04. The smallest absolute Gasteiger partial charge is 0.107 e. The average molecular weight is 287 g/mol. The lowest BCUT2D eigenvalue weighted by Crippen LogP contribution is -2.47. The molecule has 2 rings (SSSR count). The molecular formula is C15H29NO4. The minimum absolute atomic E-state index is 0.0853. The first-order valence-electron chi connectivity index (χ1n) is 7.85. The third-order valence-corrected chi connectivity index (χ3v) is 5.04. The standard InChI is InChI=1S/C15H29NO4/c1-8-3-9(2)15(20)11(4-8)12(17)5-10-6-13(18)16-14(19)7-10/h8-20H,3-7H2,1-2H3/t8-,9-,11-,12+,13+,14+,15+/m0/s1. The zero-order valence-corrected chi connectivity index (χ0v) is 12.4. The fraction of sp³-hybridized carbons (Fsp3) is 1.00. The summed E-state index contributed by atoms with van der Waals surface area (Å²) in [5, 5.41) is 42.6. The van der Waals surface area contributed by atoms with Gasteiger partial charge in [0, 0.05) is 5.92 Å². The van der Waals surface area contributed by atoms with Crippen LogP contribution in [0.3, 0.4) is 0 Å². The van der Waals surface area contributed by atoms with Crippen LogP contribution in [0.15, 0.2) is 0 Å². The number of aliphatic hydroxyl groups excluding tert-OH is 4. The van der Waals surface area contributed by atoms with E-state index in [1.165, 1.54) is 0 Å². The largest absolute Gasteiger partial charge is 0.393 e. The van der Waals surface area contributed by atoms with E-state index >= 15 is 0 Å². The lowest BCUT2D eigenvalue weighted by Gasteiger charge is -2.40. The minimum atomic E-state index is -0.704. The summed E-state index contributed by atoms with van der Waals surface area (Å²) < 4.78 is 0. The van der Waals surface area contributed by atoms with Gasteiger partial charge in [-0.25, -0.2) is 0 Å². The van der Waals surface area contributed by atoms with Gasteiger partial charge in [0.25, 0.3) is 0 Å². The van der Waals surface area contributed by atoms with Crippen LogP contribution in [-0.2, 0) is 0 Å². The molecule has 5 nitrogen and oxygen atoms in total. The van der Waals surface area contributed by atoms with E-state index in [0.29, 0.717) is 25.2 Å². The SMILES string of the molecule is C[C@@H]1C[C@@H]([C@H](O)CC2C[C@@H](O)N[C@H](O)C2)[C@H](O)[C@@H](C)C1. The summed E-state index contributed by atoms with van der Waals surface area (Å²) in [6, 6.07) is 0. The summed E-state index contributed by atoms with van der Waals surface area (Å²) in [5.74, 6) is 0.758. The normalized spacial score (nSPS) is 48.0. The molecule has 0 unspecified atom stereocenters. The molecule has 0 aromatic carbocycles.